The molecule has 0 aliphatic heterocycles. The van der Waals surface area contributed by atoms with E-state index in [1.165, 1.54) is 11.1 Å². The van der Waals surface area contributed by atoms with E-state index in [0.29, 0.717) is 6.61 Å². The molecule has 0 atom stereocenters. The van der Waals surface area contributed by atoms with Crippen LogP contribution in [0.15, 0.2) is 53.6 Å². The summed E-state index contributed by atoms with van der Waals surface area (Å²) in [5.74, 6) is 0.789. The van der Waals surface area contributed by atoms with Crippen molar-refractivity contribution in [1.29, 1.82) is 0 Å². The van der Waals surface area contributed by atoms with Gasteiger partial charge in [0, 0.05) is 0 Å². The Bertz CT molecular complexity index is 655. The summed E-state index contributed by atoms with van der Waals surface area (Å²) in [6, 6.07) is 15.8. The van der Waals surface area contributed by atoms with Gasteiger partial charge in [0.25, 0.3) is 0 Å². The molecule has 0 bridgehead atoms. The van der Waals surface area contributed by atoms with E-state index in [1.54, 1.807) is 6.21 Å². The van der Waals surface area contributed by atoms with E-state index in [2.05, 4.69) is 41.8 Å². The minimum atomic E-state index is 0.137. The maximum atomic E-state index is 5.81. The fourth-order valence-electron chi connectivity index (χ4n) is 1.79. The number of nitrogens with zero attached hydrogens (tertiary/aromatic N) is 1. The molecule has 0 fully saturated rings. The normalized spacial score (nSPS) is 10.5. The van der Waals surface area contributed by atoms with Crippen LogP contribution < -0.4 is 15.9 Å². The van der Waals surface area contributed by atoms with Crippen LogP contribution >= 0.6 is 12.2 Å². The molecule has 0 radical (unpaired) electrons. The van der Waals surface area contributed by atoms with Crippen LogP contribution in [0.3, 0.4) is 0 Å². The van der Waals surface area contributed by atoms with Gasteiger partial charge in [0.1, 0.15) is 12.4 Å². The molecule has 21 heavy (non-hydrogen) atoms. The Labute approximate surface area is 129 Å². The van der Waals surface area contributed by atoms with Crippen LogP contribution in [0.5, 0.6) is 5.75 Å². The lowest BCUT2D eigenvalue weighted by Gasteiger charge is -2.09. The summed E-state index contributed by atoms with van der Waals surface area (Å²) < 4.78 is 5.81. The largest absolute Gasteiger partial charge is 0.489 e. The number of ether oxygens (including phenoxy) is 1. The predicted octanol–water partition coefficient (Wildman–Crippen LogP) is 2.74. The van der Waals surface area contributed by atoms with Crippen molar-refractivity contribution in [3.63, 3.8) is 0 Å². The van der Waals surface area contributed by atoms with Crippen LogP contribution in [-0.2, 0) is 6.61 Å². The molecule has 0 aromatic heterocycles. The Morgan fingerprint density at radius 3 is 2.86 bits per heavy atom. The quantitative estimate of drug-likeness (QED) is 0.506. The molecular formula is C16H17N3OS. The SMILES string of the molecule is Cc1ccccc1COc1cccc(C=NNC(N)=S)c1. The third-order valence-electron chi connectivity index (χ3n) is 2.90. The van der Waals surface area contributed by atoms with Gasteiger partial charge in [-0.25, -0.2) is 0 Å². The number of nitrogens with two attached hydrogens (primary N) is 1. The molecular weight excluding hydrogens is 282 g/mol. The molecule has 2 rings (SSSR count). The van der Waals surface area contributed by atoms with Crippen molar-refractivity contribution >= 4 is 23.5 Å². The molecule has 0 aliphatic rings. The van der Waals surface area contributed by atoms with Crippen LogP contribution in [-0.4, -0.2) is 11.3 Å². The van der Waals surface area contributed by atoms with E-state index in [1.807, 2.05) is 36.4 Å². The average molecular weight is 299 g/mol. The zero-order valence-electron chi connectivity index (χ0n) is 11.7. The van der Waals surface area contributed by atoms with Crippen LogP contribution in [0.4, 0.5) is 0 Å². The van der Waals surface area contributed by atoms with E-state index in [-0.39, 0.29) is 5.11 Å². The average Bonchev–Trinajstić information content (AvgIpc) is 2.46. The van der Waals surface area contributed by atoms with Crippen molar-refractivity contribution < 1.29 is 4.74 Å². The standard InChI is InChI=1S/C16H17N3OS/c1-12-5-2-3-7-14(12)11-20-15-8-4-6-13(9-15)10-18-19-16(17)21/h2-10H,11H2,1H3,(H3,17,19,21). The van der Waals surface area contributed by atoms with Gasteiger partial charge < -0.3 is 10.5 Å². The maximum absolute atomic E-state index is 5.81. The summed E-state index contributed by atoms with van der Waals surface area (Å²) in [4.78, 5) is 0. The first kappa shape index (κ1) is 15.0. The van der Waals surface area contributed by atoms with Crippen molar-refractivity contribution in [1.82, 2.24) is 5.43 Å². The van der Waals surface area contributed by atoms with Crippen molar-refractivity contribution in [2.24, 2.45) is 10.8 Å². The monoisotopic (exact) mass is 299 g/mol. The Balaban J connectivity index is 1.99. The Kier molecular flexibility index (Phi) is 5.29. The summed E-state index contributed by atoms with van der Waals surface area (Å²) in [6.07, 6.45) is 1.64. The van der Waals surface area contributed by atoms with E-state index < -0.39 is 0 Å². The molecule has 4 nitrogen and oxygen atoms in total. The molecule has 0 amide bonds. The minimum Gasteiger partial charge on any atom is -0.489 e. The fraction of sp³-hybridized carbons (Fsp3) is 0.125. The Morgan fingerprint density at radius 1 is 1.29 bits per heavy atom. The molecule has 0 saturated carbocycles. The van der Waals surface area contributed by atoms with Gasteiger partial charge in [0.15, 0.2) is 5.11 Å². The fourth-order valence-corrected chi connectivity index (χ4v) is 1.84. The highest BCUT2D eigenvalue weighted by atomic mass is 32.1. The first-order valence-corrected chi connectivity index (χ1v) is 6.92. The highest BCUT2D eigenvalue weighted by Gasteiger charge is 1.99. The summed E-state index contributed by atoms with van der Waals surface area (Å²) >= 11 is 4.67. The van der Waals surface area contributed by atoms with Crippen molar-refractivity contribution in [3.8, 4) is 5.75 Å². The summed E-state index contributed by atoms with van der Waals surface area (Å²) in [5.41, 5.74) is 11.1. The number of hydrogen-bond acceptors (Lipinski definition) is 3. The highest BCUT2D eigenvalue weighted by Crippen LogP contribution is 2.15. The van der Waals surface area contributed by atoms with E-state index in [4.69, 9.17) is 10.5 Å². The summed E-state index contributed by atoms with van der Waals surface area (Å²) in [6.45, 7) is 2.61. The van der Waals surface area contributed by atoms with Gasteiger partial charge in [0.05, 0.1) is 6.21 Å². The van der Waals surface area contributed by atoms with Crippen LogP contribution in [0, 0.1) is 6.92 Å². The van der Waals surface area contributed by atoms with Crippen LogP contribution in [0.25, 0.3) is 0 Å². The number of rotatable bonds is 5. The number of thiocarbonyl (C=S) groups is 1. The van der Waals surface area contributed by atoms with Gasteiger partial charge in [-0.05, 0) is 48.0 Å². The van der Waals surface area contributed by atoms with Crippen molar-refractivity contribution in [2.75, 3.05) is 0 Å². The van der Waals surface area contributed by atoms with Gasteiger partial charge in [-0.15, -0.1) is 0 Å². The molecule has 0 unspecified atom stereocenters. The van der Waals surface area contributed by atoms with Gasteiger partial charge in [-0.1, -0.05) is 36.4 Å². The van der Waals surface area contributed by atoms with Crippen LogP contribution in [0.1, 0.15) is 16.7 Å². The Hall–Kier alpha value is -2.40. The maximum Gasteiger partial charge on any atom is 0.184 e. The molecule has 0 heterocycles. The number of aryl methyl sites for hydroxylation is 1. The lowest BCUT2D eigenvalue weighted by molar-refractivity contribution is 0.305. The molecule has 2 aromatic carbocycles. The lowest BCUT2D eigenvalue weighted by Crippen LogP contribution is -2.23. The molecule has 0 spiro atoms. The number of nitrogens with one attached hydrogen (secondary N) is 1. The molecule has 3 N–H and O–H groups in total. The molecule has 2 aromatic rings. The first-order chi connectivity index (χ1) is 10.1. The number of benzene rings is 2. The van der Waals surface area contributed by atoms with Gasteiger partial charge in [-0.3, -0.25) is 5.43 Å². The van der Waals surface area contributed by atoms with Crippen LogP contribution in [0.2, 0.25) is 0 Å². The van der Waals surface area contributed by atoms with Gasteiger partial charge in [-0.2, -0.15) is 5.10 Å². The number of hydrogen-bond donors (Lipinski definition) is 2. The van der Waals surface area contributed by atoms with E-state index >= 15 is 0 Å². The first-order valence-electron chi connectivity index (χ1n) is 6.51. The summed E-state index contributed by atoms with van der Waals surface area (Å²) in [5, 5.41) is 4.06. The highest BCUT2D eigenvalue weighted by molar-refractivity contribution is 7.80. The summed E-state index contributed by atoms with van der Waals surface area (Å²) in [7, 11) is 0. The molecule has 5 heteroatoms. The topological polar surface area (TPSA) is 59.6 Å². The van der Waals surface area contributed by atoms with E-state index in [0.717, 1.165) is 11.3 Å². The van der Waals surface area contributed by atoms with Crippen molar-refractivity contribution in [3.05, 3.63) is 65.2 Å². The number of hydrazone groups is 1. The molecule has 108 valence electrons. The van der Waals surface area contributed by atoms with Crippen molar-refractivity contribution in [2.45, 2.75) is 13.5 Å². The van der Waals surface area contributed by atoms with Gasteiger partial charge in [0.2, 0.25) is 0 Å². The lowest BCUT2D eigenvalue weighted by atomic mass is 10.1. The minimum absolute atomic E-state index is 0.137. The predicted molar refractivity (Wildman–Crippen MR) is 89.5 cm³/mol. The van der Waals surface area contributed by atoms with Gasteiger partial charge >= 0.3 is 0 Å². The molecule has 0 aliphatic carbocycles. The molecule has 0 saturated heterocycles. The zero-order chi connectivity index (χ0) is 15.1. The third kappa shape index (κ3) is 4.89. The second-order valence-corrected chi connectivity index (χ2v) is 4.96. The van der Waals surface area contributed by atoms with E-state index in [9.17, 15) is 0 Å². The third-order valence-corrected chi connectivity index (χ3v) is 2.99. The second kappa shape index (κ2) is 7.40. The Morgan fingerprint density at radius 2 is 2.10 bits per heavy atom. The smallest absolute Gasteiger partial charge is 0.184 e. The second-order valence-electron chi connectivity index (χ2n) is 4.52. The zero-order valence-corrected chi connectivity index (χ0v) is 12.6.